The molecule has 0 aromatic heterocycles. The van der Waals surface area contributed by atoms with E-state index in [0.717, 1.165) is 6.42 Å². The first-order valence-electron chi connectivity index (χ1n) is 6.11. The molecule has 0 aliphatic heterocycles. The molecule has 0 heterocycles. The van der Waals surface area contributed by atoms with E-state index in [4.69, 9.17) is 4.74 Å². The smallest absolute Gasteiger partial charge is 0.307 e. The molecular weight excluding hydrogens is 214 g/mol. The molecule has 3 nitrogen and oxygen atoms in total. The van der Waals surface area contributed by atoms with Gasteiger partial charge in [0.05, 0.1) is 13.0 Å². The van der Waals surface area contributed by atoms with Gasteiger partial charge in [0, 0.05) is 19.0 Å². The standard InChI is InChI=1S/C14H21NO2/c1-12(2)15-10-8-14(16)17-11-9-13-6-4-3-5-7-13/h3-7,12,15H,8-11H2,1-2H3. The van der Waals surface area contributed by atoms with Gasteiger partial charge in [0.25, 0.3) is 0 Å². The first-order chi connectivity index (χ1) is 8.18. The number of nitrogens with one attached hydrogen (secondary N) is 1. The molecule has 0 fully saturated rings. The van der Waals surface area contributed by atoms with Crippen LogP contribution in [0.15, 0.2) is 30.3 Å². The molecule has 0 bridgehead atoms. The molecule has 1 aromatic carbocycles. The molecule has 0 spiro atoms. The van der Waals surface area contributed by atoms with Crippen molar-refractivity contribution in [3.05, 3.63) is 35.9 Å². The van der Waals surface area contributed by atoms with Gasteiger partial charge in [-0.15, -0.1) is 0 Å². The Kier molecular flexibility index (Phi) is 6.33. The number of esters is 1. The van der Waals surface area contributed by atoms with E-state index < -0.39 is 0 Å². The van der Waals surface area contributed by atoms with Gasteiger partial charge in [0.15, 0.2) is 0 Å². The van der Waals surface area contributed by atoms with E-state index in [1.54, 1.807) is 0 Å². The van der Waals surface area contributed by atoms with Crippen LogP contribution >= 0.6 is 0 Å². The molecule has 3 heteroatoms. The summed E-state index contributed by atoms with van der Waals surface area (Å²) in [5.74, 6) is -0.130. The number of carbonyl (C=O) groups is 1. The largest absolute Gasteiger partial charge is 0.465 e. The second kappa shape index (κ2) is 7.85. The molecule has 1 aromatic rings. The second-order valence-corrected chi connectivity index (χ2v) is 4.31. The third-order valence-electron chi connectivity index (χ3n) is 2.38. The molecule has 0 unspecified atom stereocenters. The van der Waals surface area contributed by atoms with Crippen molar-refractivity contribution < 1.29 is 9.53 Å². The molecule has 1 rings (SSSR count). The normalized spacial score (nSPS) is 10.5. The number of carbonyl (C=O) groups excluding carboxylic acids is 1. The van der Waals surface area contributed by atoms with Gasteiger partial charge >= 0.3 is 5.97 Å². The Morgan fingerprint density at radius 3 is 2.65 bits per heavy atom. The van der Waals surface area contributed by atoms with E-state index >= 15 is 0 Å². The first kappa shape index (κ1) is 13.7. The zero-order valence-corrected chi connectivity index (χ0v) is 10.6. The summed E-state index contributed by atoms with van der Waals surface area (Å²) in [5, 5.41) is 3.18. The third kappa shape index (κ3) is 6.74. The molecule has 94 valence electrons. The Morgan fingerprint density at radius 2 is 2.00 bits per heavy atom. The summed E-state index contributed by atoms with van der Waals surface area (Å²) in [6.45, 7) is 5.26. The van der Waals surface area contributed by atoms with Crippen LogP contribution in [0.4, 0.5) is 0 Å². The quantitative estimate of drug-likeness (QED) is 0.736. The molecule has 1 N–H and O–H groups in total. The fourth-order valence-corrected chi connectivity index (χ4v) is 1.46. The van der Waals surface area contributed by atoms with Crippen molar-refractivity contribution >= 4 is 5.97 Å². The predicted molar refractivity (Wildman–Crippen MR) is 68.9 cm³/mol. The number of ether oxygens (including phenoxy) is 1. The van der Waals surface area contributed by atoms with Crippen molar-refractivity contribution in [2.45, 2.75) is 32.7 Å². The van der Waals surface area contributed by atoms with Crippen LogP contribution in [0.1, 0.15) is 25.8 Å². The van der Waals surface area contributed by atoms with E-state index in [1.165, 1.54) is 5.56 Å². The highest BCUT2D eigenvalue weighted by atomic mass is 16.5. The summed E-state index contributed by atoms with van der Waals surface area (Å²) in [5.41, 5.74) is 1.20. The second-order valence-electron chi connectivity index (χ2n) is 4.31. The Balaban J connectivity index is 2.08. The lowest BCUT2D eigenvalue weighted by atomic mass is 10.2. The minimum atomic E-state index is -0.130. The zero-order valence-electron chi connectivity index (χ0n) is 10.6. The van der Waals surface area contributed by atoms with Crippen LogP contribution in [-0.2, 0) is 16.0 Å². The molecule has 0 amide bonds. The van der Waals surface area contributed by atoms with E-state index in [0.29, 0.717) is 25.6 Å². The van der Waals surface area contributed by atoms with E-state index in [1.807, 2.05) is 30.3 Å². The lowest BCUT2D eigenvalue weighted by molar-refractivity contribution is -0.143. The summed E-state index contributed by atoms with van der Waals surface area (Å²) in [6, 6.07) is 10.4. The molecule has 0 radical (unpaired) electrons. The van der Waals surface area contributed by atoms with Crippen LogP contribution in [0.2, 0.25) is 0 Å². The first-order valence-corrected chi connectivity index (χ1v) is 6.11. The number of hydrogen-bond donors (Lipinski definition) is 1. The van der Waals surface area contributed by atoms with Gasteiger partial charge in [-0.05, 0) is 5.56 Å². The molecule has 0 saturated carbocycles. The molecular formula is C14H21NO2. The van der Waals surface area contributed by atoms with Crippen LogP contribution in [0.25, 0.3) is 0 Å². The summed E-state index contributed by atoms with van der Waals surface area (Å²) < 4.78 is 5.15. The number of rotatable bonds is 7. The zero-order chi connectivity index (χ0) is 12.5. The van der Waals surface area contributed by atoms with Crippen molar-refractivity contribution in [2.24, 2.45) is 0 Å². The molecule has 0 aliphatic carbocycles. The minimum absolute atomic E-state index is 0.130. The highest BCUT2D eigenvalue weighted by Crippen LogP contribution is 2.00. The van der Waals surface area contributed by atoms with Gasteiger partial charge in [-0.1, -0.05) is 44.2 Å². The highest BCUT2D eigenvalue weighted by Gasteiger charge is 2.03. The van der Waals surface area contributed by atoms with Crippen molar-refractivity contribution in [1.29, 1.82) is 0 Å². The molecule has 0 atom stereocenters. The maximum absolute atomic E-state index is 11.4. The van der Waals surface area contributed by atoms with Crippen molar-refractivity contribution in [3.8, 4) is 0 Å². The summed E-state index contributed by atoms with van der Waals surface area (Å²) in [7, 11) is 0. The molecule has 17 heavy (non-hydrogen) atoms. The van der Waals surface area contributed by atoms with Crippen LogP contribution in [-0.4, -0.2) is 25.2 Å². The van der Waals surface area contributed by atoms with Crippen LogP contribution in [0.5, 0.6) is 0 Å². The van der Waals surface area contributed by atoms with Gasteiger partial charge in [-0.3, -0.25) is 4.79 Å². The molecule has 0 saturated heterocycles. The summed E-state index contributed by atoms with van der Waals surface area (Å²) >= 11 is 0. The Bertz CT molecular complexity index is 322. The SMILES string of the molecule is CC(C)NCCC(=O)OCCc1ccccc1. The average molecular weight is 235 g/mol. The van der Waals surface area contributed by atoms with Crippen LogP contribution in [0, 0.1) is 0 Å². The summed E-state index contributed by atoms with van der Waals surface area (Å²) in [4.78, 5) is 11.4. The van der Waals surface area contributed by atoms with Gasteiger partial charge < -0.3 is 10.1 Å². The van der Waals surface area contributed by atoms with Gasteiger partial charge in [-0.25, -0.2) is 0 Å². The number of benzene rings is 1. The van der Waals surface area contributed by atoms with Gasteiger partial charge in [0.1, 0.15) is 0 Å². The molecule has 0 aliphatic rings. The predicted octanol–water partition coefficient (Wildman–Crippen LogP) is 2.16. The maximum atomic E-state index is 11.4. The topological polar surface area (TPSA) is 38.3 Å². The van der Waals surface area contributed by atoms with Gasteiger partial charge in [0.2, 0.25) is 0 Å². The fraction of sp³-hybridized carbons (Fsp3) is 0.500. The Labute approximate surface area is 103 Å². The van der Waals surface area contributed by atoms with Crippen molar-refractivity contribution in [2.75, 3.05) is 13.2 Å². The maximum Gasteiger partial charge on any atom is 0.307 e. The Hall–Kier alpha value is -1.35. The third-order valence-corrected chi connectivity index (χ3v) is 2.38. The highest BCUT2D eigenvalue weighted by molar-refractivity contribution is 5.69. The van der Waals surface area contributed by atoms with E-state index in [9.17, 15) is 4.79 Å². The van der Waals surface area contributed by atoms with E-state index in [2.05, 4.69) is 19.2 Å². The van der Waals surface area contributed by atoms with Crippen LogP contribution in [0.3, 0.4) is 0 Å². The fourth-order valence-electron chi connectivity index (χ4n) is 1.46. The monoisotopic (exact) mass is 235 g/mol. The van der Waals surface area contributed by atoms with Crippen LogP contribution < -0.4 is 5.32 Å². The lowest BCUT2D eigenvalue weighted by Crippen LogP contribution is -2.26. The number of hydrogen-bond acceptors (Lipinski definition) is 3. The minimum Gasteiger partial charge on any atom is -0.465 e. The Morgan fingerprint density at radius 1 is 1.29 bits per heavy atom. The van der Waals surface area contributed by atoms with Crippen molar-refractivity contribution in [1.82, 2.24) is 5.32 Å². The summed E-state index contributed by atoms with van der Waals surface area (Å²) in [6.07, 6.45) is 1.22. The lowest BCUT2D eigenvalue weighted by Gasteiger charge is -2.08. The van der Waals surface area contributed by atoms with E-state index in [-0.39, 0.29) is 5.97 Å². The van der Waals surface area contributed by atoms with Gasteiger partial charge in [-0.2, -0.15) is 0 Å². The average Bonchev–Trinajstić information content (AvgIpc) is 2.30. The van der Waals surface area contributed by atoms with Crippen molar-refractivity contribution in [3.63, 3.8) is 0 Å².